The highest BCUT2D eigenvalue weighted by Gasteiger charge is 2.14. The Morgan fingerprint density at radius 3 is 2.30 bits per heavy atom. The van der Waals surface area contributed by atoms with E-state index in [2.05, 4.69) is 15.6 Å². The number of amides is 2. The maximum Gasteiger partial charge on any atom is 0.320 e. The summed E-state index contributed by atoms with van der Waals surface area (Å²) < 4.78 is 4.98. The molecule has 1 atom stereocenters. The maximum atomic E-state index is 12.2. The summed E-state index contributed by atoms with van der Waals surface area (Å²) >= 11 is 0. The SMILES string of the molecule is CCOC(=O)CC(=N[C@@H](C)c1ccccc1)NC(=O)NCc1ccccc1. The summed E-state index contributed by atoms with van der Waals surface area (Å²) in [4.78, 5) is 28.6. The van der Waals surface area contributed by atoms with Crippen LogP contribution in [0, 0.1) is 0 Å². The molecule has 2 amide bonds. The second-order valence-corrected chi connectivity index (χ2v) is 5.94. The van der Waals surface area contributed by atoms with Crippen LogP contribution in [-0.2, 0) is 16.1 Å². The minimum Gasteiger partial charge on any atom is -0.466 e. The van der Waals surface area contributed by atoms with Crippen molar-refractivity contribution in [1.29, 1.82) is 0 Å². The van der Waals surface area contributed by atoms with Crippen molar-refractivity contribution in [2.75, 3.05) is 6.61 Å². The van der Waals surface area contributed by atoms with Crippen LogP contribution in [0.4, 0.5) is 4.79 Å². The lowest BCUT2D eigenvalue weighted by Gasteiger charge is -2.13. The van der Waals surface area contributed by atoms with Crippen molar-refractivity contribution in [2.24, 2.45) is 4.99 Å². The van der Waals surface area contributed by atoms with E-state index >= 15 is 0 Å². The number of aliphatic imine (C=N–C) groups is 1. The van der Waals surface area contributed by atoms with Crippen LogP contribution in [0.2, 0.25) is 0 Å². The van der Waals surface area contributed by atoms with Gasteiger partial charge in [0.2, 0.25) is 0 Å². The predicted octanol–water partition coefficient (Wildman–Crippen LogP) is 3.60. The Balaban J connectivity index is 2.03. The Bertz CT molecular complexity index is 761. The zero-order chi connectivity index (χ0) is 19.5. The average Bonchev–Trinajstić information content (AvgIpc) is 2.68. The van der Waals surface area contributed by atoms with Crippen LogP contribution in [0.15, 0.2) is 65.7 Å². The molecular weight excluding hydrogens is 342 g/mol. The molecule has 0 aliphatic carbocycles. The number of carbonyl (C=O) groups is 2. The molecule has 2 N–H and O–H groups in total. The van der Waals surface area contributed by atoms with Crippen molar-refractivity contribution in [3.05, 3.63) is 71.8 Å². The molecule has 0 heterocycles. The number of rotatable bonds is 7. The van der Waals surface area contributed by atoms with E-state index in [4.69, 9.17) is 4.74 Å². The van der Waals surface area contributed by atoms with Crippen molar-refractivity contribution in [1.82, 2.24) is 10.6 Å². The fourth-order valence-corrected chi connectivity index (χ4v) is 2.46. The molecule has 0 saturated carbocycles. The normalized spacial score (nSPS) is 12.1. The fourth-order valence-electron chi connectivity index (χ4n) is 2.46. The number of benzene rings is 2. The smallest absolute Gasteiger partial charge is 0.320 e. The van der Waals surface area contributed by atoms with Gasteiger partial charge in [-0.25, -0.2) is 4.79 Å². The molecule has 142 valence electrons. The van der Waals surface area contributed by atoms with Gasteiger partial charge < -0.3 is 10.1 Å². The quantitative estimate of drug-likeness (QED) is 0.446. The Kier molecular flexibility index (Phi) is 8.03. The third-order valence-corrected chi connectivity index (χ3v) is 3.80. The molecule has 0 aliphatic heterocycles. The molecule has 0 aromatic heterocycles. The molecular formula is C21H25N3O3. The molecule has 0 unspecified atom stereocenters. The van der Waals surface area contributed by atoms with Gasteiger partial charge in [0.1, 0.15) is 12.3 Å². The first-order valence-electron chi connectivity index (χ1n) is 8.94. The lowest BCUT2D eigenvalue weighted by Crippen LogP contribution is -2.40. The van der Waals surface area contributed by atoms with E-state index in [-0.39, 0.29) is 24.9 Å². The molecule has 0 fully saturated rings. The highest BCUT2D eigenvalue weighted by molar-refractivity contribution is 6.05. The van der Waals surface area contributed by atoms with Gasteiger partial charge in [0.15, 0.2) is 0 Å². The van der Waals surface area contributed by atoms with Gasteiger partial charge in [-0.1, -0.05) is 60.7 Å². The fraction of sp³-hybridized carbons (Fsp3) is 0.286. The molecule has 27 heavy (non-hydrogen) atoms. The Hall–Kier alpha value is -3.15. The number of carbonyl (C=O) groups excluding carboxylic acids is 2. The number of nitrogens with one attached hydrogen (secondary N) is 2. The number of amidine groups is 1. The van der Waals surface area contributed by atoms with Gasteiger partial charge in [-0.3, -0.25) is 15.1 Å². The van der Waals surface area contributed by atoms with Crippen molar-refractivity contribution in [3.63, 3.8) is 0 Å². The van der Waals surface area contributed by atoms with Crippen LogP contribution >= 0.6 is 0 Å². The summed E-state index contributed by atoms with van der Waals surface area (Å²) in [6.45, 7) is 4.31. The van der Waals surface area contributed by atoms with Gasteiger partial charge in [0.25, 0.3) is 0 Å². The summed E-state index contributed by atoms with van der Waals surface area (Å²) in [5, 5.41) is 5.44. The van der Waals surface area contributed by atoms with Crippen LogP contribution in [-0.4, -0.2) is 24.4 Å². The second-order valence-electron chi connectivity index (χ2n) is 5.94. The topological polar surface area (TPSA) is 79.8 Å². The Labute approximate surface area is 159 Å². The summed E-state index contributed by atoms with van der Waals surface area (Å²) in [6, 6.07) is 18.6. The third kappa shape index (κ3) is 7.32. The molecule has 2 rings (SSSR count). The standard InChI is InChI=1S/C21H25N3O3/c1-3-27-20(25)14-19(23-16(2)18-12-8-5-9-13-18)24-21(26)22-15-17-10-6-4-7-11-17/h4-13,16H,3,14-15H2,1-2H3,(H2,22,23,24,26)/t16-/m0/s1. The minimum absolute atomic E-state index is 0.0935. The number of hydrogen-bond donors (Lipinski definition) is 2. The number of hydrogen-bond acceptors (Lipinski definition) is 4. The Morgan fingerprint density at radius 2 is 1.67 bits per heavy atom. The lowest BCUT2D eigenvalue weighted by atomic mass is 10.1. The van der Waals surface area contributed by atoms with E-state index in [1.807, 2.05) is 67.6 Å². The molecule has 0 radical (unpaired) electrons. The average molecular weight is 367 g/mol. The molecule has 0 aliphatic rings. The summed E-state index contributed by atoms with van der Waals surface area (Å²) in [5.74, 6) is -0.157. The molecule has 6 nitrogen and oxygen atoms in total. The molecule has 0 spiro atoms. The summed E-state index contributed by atoms with van der Waals surface area (Å²) in [6.07, 6.45) is -0.0935. The molecule has 0 bridgehead atoms. The van der Waals surface area contributed by atoms with Crippen molar-refractivity contribution < 1.29 is 14.3 Å². The van der Waals surface area contributed by atoms with Crippen LogP contribution in [0.25, 0.3) is 0 Å². The summed E-state index contributed by atoms with van der Waals surface area (Å²) in [7, 11) is 0. The highest BCUT2D eigenvalue weighted by Crippen LogP contribution is 2.16. The highest BCUT2D eigenvalue weighted by atomic mass is 16.5. The monoisotopic (exact) mass is 367 g/mol. The number of esters is 1. The van der Waals surface area contributed by atoms with E-state index in [0.717, 1.165) is 11.1 Å². The van der Waals surface area contributed by atoms with Gasteiger partial charge in [0.05, 0.1) is 12.6 Å². The second kappa shape index (κ2) is 10.8. The third-order valence-electron chi connectivity index (χ3n) is 3.80. The van der Waals surface area contributed by atoms with Crippen LogP contribution < -0.4 is 10.6 Å². The van der Waals surface area contributed by atoms with E-state index < -0.39 is 12.0 Å². The number of urea groups is 1. The van der Waals surface area contributed by atoms with Crippen LogP contribution in [0.1, 0.15) is 37.4 Å². The first-order valence-corrected chi connectivity index (χ1v) is 8.94. The number of nitrogens with zero attached hydrogens (tertiary/aromatic N) is 1. The first kappa shape index (κ1) is 20.2. The van der Waals surface area contributed by atoms with E-state index in [0.29, 0.717) is 6.54 Å². The van der Waals surface area contributed by atoms with Crippen molar-refractivity contribution >= 4 is 17.8 Å². The van der Waals surface area contributed by atoms with E-state index in [1.54, 1.807) is 6.92 Å². The van der Waals surface area contributed by atoms with E-state index in [1.165, 1.54) is 0 Å². The van der Waals surface area contributed by atoms with Crippen LogP contribution in [0.3, 0.4) is 0 Å². The first-order chi connectivity index (χ1) is 13.1. The van der Waals surface area contributed by atoms with Gasteiger partial charge in [-0.2, -0.15) is 0 Å². The maximum absolute atomic E-state index is 12.2. The van der Waals surface area contributed by atoms with Gasteiger partial charge in [-0.15, -0.1) is 0 Å². The molecule has 2 aromatic carbocycles. The molecule has 6 heteroatoms. The Morgan fingerprint density at radius 1 is 1.04 bits per heavy atom. The van der Waals surface area contributed by atoms with Crippen molar-refractivity contribution in [2.45, 2.75) is 32.9 Å². The van der Waals surface area contributed by atoms with Crippen molar-refractivity contribution in [3.8, 4) is 0 Å². The van der Waals surface area contributed by atoms with Gasteiger partial charge in [0, 0.05) is 6.54 Å². The summed E-state index contributed by atoms with van der Waals surface area (Å²) in [5.41, 5.74) is 1.97. The molecule has 2 aromatic rings. The zero-order valence-corrected chi connectivity index (χ0v) is 15.6. The zero-order valence-electron chi connectivity index (χ0n) is 15.6. The van der Waals surface area contributed by atoms with Gasteiger partial charge in [-0.05, 0) is 25.0 Å². The molecule has 0 saturated heterocycles. The largest absolute Gasteiger partial charge is 0.466 e. The predicted molar refractivity (Wildman–Crippen MR) is 105 cm³/mol. The van der Waals surface area contributed by atoms with Gasteiger partial charge >= 0.3 is 12.0 Å². The lowest BCUT2D eigenvalue weighted by molar-refractivity contribution is -0.141. The van der Waals surface area contributed by atoms with E-state index in [9.17, 15) is 9.59 Å². The van der Waals surface area contributed by atoms with Crippen LogP contribution in [0.5, 0.6) is 0 Å². The number of ether oxygens (including phenoxy) is 1. The minimum atomic E-state index is -0.431.